The zero-order valence-electron chi connectivity index (χ0n) is 24.7. The average Bonchev–Trinajstić information content (AvgIpc) is 3.44. The Morgan fingerprint density at radius 3 is 1.98 bits per heavy atom. The number of aliphatic carboxylic acids is 2. The van der Waals surface area contributed by atoms with Gasteiger partial charge in [0.1, 0.15) is 12.0 Å². The van der Waals surface area contributed by atoms with E-state index in [9.17, 15) is 24.6 Å². The van der Waals surface area contributed by atoms with E-state index in [4.69, 9.17) is 33.2 Å². The first-order valence-corrected chi connectivity index (χ1v) is 13.3. The first-order chi connectivity index (χ1) is 21.1. The second-order valence-electron chi connectivity index (χ2n) is 9.56. The Kier molecular flexibility index (Phi) is 9.84. The standard InChI is InChI=1S/C32H32O12/c1-38-20-10-6-17(14-23(20)41-4)15-25(31(34)35)43-26(33)13-9-18-7-12-22(40-3)30-27(18)28(32(36)37)29(44-30)19-8-11-21(39-2)24(16-19)42-5/h6-14,16,25,28-29H,15H2,1-5H3,(H,34,35)(H,36,37)/b13-9+/t25-,28+,29-/m1/s1. The minimum atomic E-state index is -1.50. The SMILES string of the molecule is COc1ccc(C[C@@H](OC(=O)/C=C/c2ccc(OC)c3c2[C@H](C(=O)O)[C@@H](c2ccc(OC)c(OC)c2)O3)C(=O)O)cc1OC. The lowest BCUT2D eigenvalue weighted by atomic mass is 9.88. The van der Waals surface area contributed by atoms with Gasteiger partial charge in [-0.1, -0.05) is 18.2 Å². The molecule has 12 heteroatoms. The van der Waals surface area contributed by atoms with Crippen LogP contribution in [0.4, 0.5) is 0 Å². The van der Waals surface area contributed by atoms with Crippen LogP contribution in [0.3, 0.4) is 0 Å². The van der Waals surface area contributed by atoms with E-state index in [-0.39, 0.29) is 17.7 Å². The van der Waals surface area contributed by atoms with Crippen LogP contribution < -0.4 is 28.4 Å². The lowest BCUT2D eigenvalue weighted by Crippen LogP contribution is -2.28. The molecule has 0 amide bonds. The lowest BCUT2D eigenvalue weighted by molar-refractivity contribution is -0.160. The van der Waals surface area contributed by atoms with Gasteiger partial charge in [0.2, 0.25) is 6.10 Å². The summed E-state index contributed by atoms with van der Waals surface area (Å²) in [5, 5.41) is 20.0. The van der Waals surface area contributed by atoms with E-state index in [0.717, 1.165) is 6.08 Å². The van der Waals surface area contributed by atoms with E-state index >= 15 is 0 Å². The Bertz CT molecular complexity index is 1580. The number of hydrogen-bond acceptors (Lipinski definition) is 10. The highest BCUT2D eigenvalue weighted by molar-refractivity contribution is 5.91. The minimum absolute atomic E-state index is 0.130. The summed E-state index contributed by atoms with van der Waals surface area (Å²) >= 11 is 0. The van der Waals surface area contributed by atoms with Crippen molar-refractivity contribution in [3.8, 4) is 34.5 Å². The maximum atomic E-state index is 12.8. The number of carbonyl (C=O) groups is 3. The number of carboxylic acids is 2. The van der Waals surface area contributed by atoms with Crippen molar-refractivity contribution in [2.75, 3.05) is 35.5 Å². The quantitative estimate of drug-likeness (QED) is 0.210. The highest BCUT2D eigenvalue weighted by atomic mass is 16.6. The summed E-state index contributed by atoms with van der Waals surface area (Å²) in [5.41, 5.74) is 1.69. The molecule has 1 aliphatic rings. The number of benzene rings is 3. The number of hydrogen-bond donors (Lipinski definition) is 2. The van der Waals surface area contributed by atoms with Crippen molar-refractivity contribution < 1.29 is 57.8 Å². The molecule has 0 aliphatic carbocycles. The van der Waals surface area contributed by atoms with Gasteiger partial charge >= 0.3 is 17.9 Å². The summed E-state index contributed by atoms with van der Waals surface area (Å²) in [4.78, 5) is 37.3. The van der Waals surface area contributed by atoms with E-state index in [1.807, 2.05) is 0 Å². The molecule has 3 aromatic carbocycles. The molecule has 0 fully saturated rings. The van der Waals surface area contributed by atoms with Crippen LogP contribution >= 0.6 is 0 Å². The highest BCUT2D eigenvalue weighted by Crippen LogP contribution is 2.53. The van der Waals surface area contributed by atoms with Crippen molar-refractivity contribution in [3.05, 3.63) is 76.9 Å². The monoisotopic (exact) mass is 608 g/mol. The molecule has 0 bridgehead atoms. The van der Waals surface area contributed by atoms with E-state index < -0.39 is 36.0 Å². The average molecular weight is 609 g/mol. The zero-order chi connectivity index (χ0) is 32.0. The van der Waals surface area contributed by atoms with Crippen LogP contribution in [0.15, 0.2) is 54.6 Å². The van der Waals surface area contributed by atoms with E-state index in [0.29, 0.717) is 45.4 Å². The second kappa shape index (κ2) is 13.7. The molecule has 3 aromatic rings. The van der Waals surface area contributed by atoms with Crippen molar-refractivity contribution in [3.63, 3.8) is 0 Å². The van der Waals surface area contributed by atoms with Gasteiger partial charge in [0.05, 0.1) is 35.5 Å². The molecular formula is C32H32O12. The molecule has 44 heavy (non-hydrogen) atoms. The smallest absolute Gasteiger partial charge is 0.345 e. The van der Waals surface area contributed by atoms with E-state index in [2.05, 4.69) is 0 Å². The van der Waals surface area contributed by atoms with Crippen molar-refractivity contribution in [1.29, 1.82) is 0 Å². The van der Waals surface area contributed by atoms with E-state index in [1.54, 1.807) is 48.5 Å². The Balaban J connectivity index is 1.61. The van der Waals surface area contributed by atoms with Gasteiger partial charge in [-0.25, -0.2) is 9.59 Å². The number of carbonyl (C=O) groups excluding carboxylic acids is 1. The fourth-order valence-electron chi connectivity index (χ4n) is 4.97. The molecule has 12 nitrogen and oxygen atoms in total. The Hall–Kier alpha value is -5.39. The molecule has 232 valence electrons. The summed E-state index contributed by atoms with van der Waals surface area (Å²) in [7, 11) is 7.31. The van der Waals surface area contributed by atoms with Crippen LogP contribution in [-0.4, -0.2) is 69.8 Å². The van der Waals surface area contributed by atoms with Gasteiger partial charge in [-0.2, -0.15) is 0 Å². The fourth-order valence-corrected chi connectivity index (χ4v) is 4.97. The third kappa shape index (κ3) is 6.48. The molecule has 0 spiro atoms. The van der Waals surface area contributed by atoms with Crippen LogP contribution in [0.5, 0.6) is 34.5 Å². The molecule has 0 radical (unpaired) electrons. The van der Waals surface area contributed by atoms with Gasteiger partial charge in [0.15, 0.2) is 34.5 Å². The summed E-state index contributed by atoms with van der Waals surface area (Å²) in [6, 6.07) is 13.0. The van der Waals surface area contributed by atoms with Gasteiger partial charge in [-0.05, 0) is 53.1 Å². The van der Waals surface area contributed by atoms with Gasteiger partial charge in [0, 0.05) is 18.1 Å². The summed E-state index contributed by atoms with van der Waals surface area (Å²) in [5.74, 6) is -2.42. The molecule has 4 rings (SSSR count). The van der Waals surface area contributed by atoms with Crippen LogP contribution in [0.2, 0.25) is 0 Å². The lowest BCUT2D eigenvalue weighted by Gasteiger charge is -2.18. The molecule has 1 aliphatic heterocycles. The molecule has 3 atom stereocenters. The van der Waals surface area contributed by atoms with Crippen molar-refractivity contribution in [2.45, 2.75) is 24.5 Å². The maximum Gasteiger partial charge on any atom is 0.345 e. The first-order valence-electron chi connectivity index (χ1n) is 13.3. The largest absolute Gasteiger partial charge is 0.493 e. The minimum Gasteiger partial charge on any atom is -0.493 e. The molecule has 0 unspecified atom stereocenters. The normalized spacial score (nSPS) is 15.9. The molecular weight excluding hydrogens is 576 g/mol. The zero-order valence-corrected chi connectivity index (χ0v) is 24.7. The van der Waals surface area contributed by atoms with Gasteiger partial charge < -0.3 is 43.4 Å². The summed E-state index contributed by atoms with van der Waals surface area (Å²) in [6.45, 7) is 0. The number of carboxylic acid groups (broad SMARTS) is 2. The van der Waals surface area contributed by atoms with Crippen LogP contribution in [-0.2, 0) is 25.5 Å². The Labute approximate surface area is 253 Å². The Morgan fingerprint density at radius 2 is 1.39 bits per heavy atom. The van der Waals surface area contributed by atoms with Crippen molar-refractivity contribution >= 4 is 24.0 Å². The maximum absolute atomic E-state index is 12.8. The Morgan fingerprint density at radius 1 is 0.795 bits per heavy atom. The number of esters is 1. The number of ether oxygens (including phenoxy) is 7. The molecule has 0 aromatic heterocycles. The molecule has 2 N–H and O–H groups in total. The van der Waals surface area contributed by atoms with Crippen LogP contribution in [0.25, 0.3) is 6.08 Å². The topological polar surface area (TPSA) is 156 Å². The van der Waals surface area contributed by atoms with Crippen molar-refractivity contribution in [1.82, 2.24) is 0 Å². The van der Waals surface area contributed by atoms with E-state index in [1.165, 1.54) is 41.6 Å². The third-order valence-electron chi connectivity index (χ3n) is 7.08. The van der Waals surface area contributed by atoms with Gasteiger partial charge in [0.25, 0.3) is 0 Å². The van der Waals surface area contributed by atoms with Crippen LogP contribution in [0, 0.1) is 0 Å². The number of methoxy groups -OCH3 is 5. The van der Waals surface area contributed by atoms with Crippen molar-refractivity contribution in [2.24, 2.45) is 0 Å². The third-order valence-corrected chi connectivity index (χ3v) is 7.08. The van der Waals surface area contributed by atoms with Crippen LogP contribution in [0.1, 0.15) is 34.3 Å². The molecule has 0 saturated heterocycles. The highest BCUT2D eigenvalue weighted by Gasteiger charge is 2.44. The molecule has 1 heterocycles. The fraction of sp³-hybridized carbons (Fsp3) is 0.281. The first kappa shape index (κ1) is 31.5. The number of fused-ring (bicyclic) bond motifs is 1. The summed E-state index contributed by atoms with van der Waals surface area (Å²) in [6.07, 6.45) is -0.205. The number of rotatable bonds is 13. The summed E-state index contributed by atoms with van der Waals surface area (Å²) < 4.78 is 38.0. The van der Waals surface area contributed by atoms with Gasteiger partial charge in [-0.3, -0.25) is 4.79 Å². The van der Waals surface area contributed by atoms with Gasteiger partial charge in [-0.15, -0.1) is 0 Å². The predicted octanol–water partition coefficient (Wildman–Crippen LogP) is 4.28. The predicted molar refractivity (Wildman–Crippen MR) is 156 cm³/mol. The second-order valence-corrected chi connectivity index (χ2v) is 9.56. The molecule has 0 saturated carbocycles.